The maximum absolute atomic E-state index is 12.2. The van der Waals surface area contributed by atoms with E-state index in [1.807, 2.05) is 0 Å². The highest BCUT2D eigenvalue weighted by molar-refractivity contribution is 6.01. The summed E-state index contributed by atoms with van der Waals surface area (Å²) in [4.78, 5) is 39.6. The molecule has 0 radical (unpaired) electrons. The van der Waals surface area contributed by atoms with Crippen LogP contribution >= 0.6 is 0 Å². The van der Waals surface area contributed by atoms with E-state index in [1.165, 1.54) is 33.3 Å². The van der Waals surface area contributed by atoms with Gasteiger partial charge in [0.05, 0.1) is 24.1 Å². The van der Waals surface area contributed by atoms with Crippen molar-refractivity contribution in [2.45, 2.75) is 6.92 Å². The Morgan fingerprint density at radius 1 is 1.12 bits per heavy atom. The number of aromatic hydroxyl groups is 1. The second kappa shape index (κ2) is 6.53. The molecule has 0 spiro atoms. The van der Waals surface area contributed by atoms with Crippen molar-refractivity contribution >= 4 is 17.4 Å². The van der Waals surface area contributed by atoms with Crippen LogP contribution in [0.25, 0.3) is 0 Å². The molecule has 1 N–H and O–H groups in total. The fraction of sp³-hybridized carbons (Fsp3) is 0.250. The van der Waals surface area contributed by atoms with Crippen LogP contribution < -0.4 is 11.2 Å². The van der Waals surface area contributed by atoms with Gasteiger partial charge in [0.25, 0.3) is 5.56 Å². The van der Waals surface area contributed by atoms with Crippen LogP contribution in [-0.4, -0.2) is 33.0 Å². The largest absolute Gasteiger partial charge is 0.494 e. The summed E-state index contributed by atoms with van der Waals surface area (Å²) in [5.74, 6) is -0.914. The highest BCUT2D eigenvalue weighted by Crippen LogP contribution is 2.17. The average molecular weight is 331 g/mol. The number of hydrogen-bond donors (Lipinski definition) is 1. The van der Waals surface area contributed by atoms with Gasteiger partial charge in [-0.2, -0.15) is 0 Å². The van der Waals surface area contributed by atoms with Gasteiger partial charge in [0.1, 0.15) is 5.56 Å². The molecule has 126 valence electrons. The Morgan fingerprint density at radius 3 is 2.25 bits per heavy atom. The Balaban J connectivity index is 2.51. The lowest BCUT2D eigenvalue weighted by molar-refractivity contribution is 0.0601. The molecule has 0 aliphatic carbocycles. The number of methoxy groups -OCH3 is 1. The normalized spacial score (nSPS) is 11.4. The topological polar surface area (TPSA) is 103 Å². The predicted octanol–water partition coefficient (Wildman–Crippen LogP) is 0.717. The minimum atomic E-state index is -0.636. The average Bonchev–Trinajstić information content (AvgIpc) is 2.58. The molecule has 0 amide bonds. The summed E-state index contributed by atoms with van der Waals surface area (Å²) in [6.07, 6.45) is 0. The van der Waals surface area contributed by atoms with Gasteiger partial charge in [-0.3, -0.25) is 18.9 Å². The van der Waals surface area contributed by atoms with Crippen molar-refractivity contribution in [2.24, 2.45) is 19.1 Å². The third-order valence-electron chi connectivity index (χ3n) is 3.58. The molecule has 1 heterocycles. The monoisotopic (exact) mass is 331 g/mol. The smallest absolute Gasteiger partial charge is 0.337 e. The predicted molar refractivity (Wildman–Crippen MR) is 88.2 cm³/mol. The van der Waals surface area contributed by atoms with Crippen LogP contribution in [-0.2, 0) is 18.8 Å². The van der Waals surface area contributed by atoms with Gasteiger partial charge in [-0.05, 0) is 31.2 Å². The third kappa shape index (κ3) is 2.98. The summed E-state index contributed by atoms with van der Waals surface area (Å²) in [6, 6.07) is 6.24. The third-order valence-corrected chi connectivity index (χ3v) is 3.58. The van der Waals surface area contributed by atoms with Crippen molar-refractivity contribution in [3.05, 3.63) is 56.2 Å². The van der Waals surface area contributed by atoms with Gasteiger partial charge in [0.15, 0.2) is 0 Å². The molecule has 8 heteroatoms. The lowest BCUT2D eigenvalue weighted by Gasteiger charge is -2.10. The lowest BCUT2D eigenvalue weighted by Crippen LogP contribution is -2.39. The molecule has 0 saturated carbocycles. The maximum Gasteiger partial charge on any atom is 0.337 e. The Labute approximate surface area is 137 Å². The molecule has 1 aromatic heterocycles. The van der Waals surface area contributed by atoms with Crippen LogP contribution in [0.2, 0.25) is 0 Å². The van der Waals surface area contributed by atoms with Gasteiger partial charge in [0, 0.05) is 14.1 Å². The number of aliphatic imine (C=N–C) groups is 1. The van der Waals surface area contributed by atoms with E-state index in [4.69, 9.17) is 0 Å². The quantitative estimate of drug-likeness (QED) is 0.659. The lowest BCUT2D eigenvalue weighted by atomic mass is 10.2. The second-order valence-corrected chi connectivity index (χ2v) is 5.14. The number of rotatable bonds is 3. The molecule has 0 saturated heterocycles. The molecular weight excluding hydrogens is 314 g/mol. The van der Waals surface area contributed by atoms with Crippen LogP contribution in [0.3, 0.4) is 0 Å². The molecular formula is C16H17N3O5. The zero-order valence-electron chi connectivity index (χ0n) is 13.7. The summed E-state index contributed by atoms with van der Waals surface area (Å²) >= 11 is 0. The van der Waals surface area contributed by atoms with Gasteiger partial charge in [-0.25, -0.2) is 9.59 Å². The summed E-state index contributed by atoms with van der Waals surface area (Å²) in [5, 5.41) is 10.1. The molecule has 0 unspecified atom stereocenters. The van der Waals surface area contributed by atoms with Crippen molar-refractivity contribution in [3.63, 3.8) is 0 Å². The van der Waals surface area contributed by atoms with Gasteiger partial charge < -0.3 is 9.84 Å². The van der Waals surface area contributed by atoms with Crippen LogP contribution in [0, 0.1) is 0 Å². The molecule has 0 bridgehead atoms. The van der Waals surface area contributed by atoms with E-state index >= 15 is 0 Å². The van der Waals surface area contributed by atoms with Crippen molar-refractivity contribution in [1.82, 2.24) is 9.13 Å². The number of nitrogens with zero attached hydrogens (tertiary/aromatic N) is 3. The van der Waals surface area contributed by atoms with Crippen LogP contribution in [0.5, 0.6) is 5.88 Å². The Hall–Kier alpha value is -3.16. The minimum Gasteiger partial charge on any atom is -0.494 e. The van der Waals surface area contributed by atoms with Crippen molar-refractivity contribution < 1.29 is 14.6 Å². The summed E-state index contributed by atoms with van der Waals surface area (Å²) in [7, 11) is 3.97. The van der Waals surface area contributed by atoms with Crippen LogP contribution in [0.4, 0.5) is 5.69 Å². The highest BCUT2D eigenvalue weighted by atomic mass is 16.5. The summed E-state index contributed by atoms with van der Waals surface area (Å²) in [6.45, 7) is 1.55. The van der Waals surface area contributed by atoms with E-state index < -0.39 is 23.1 Å². The highest BCUT2D eigenvalue weighted by Gasteiger charge is 2.17. The number of hydrogen-bond acceptors (Lipinski definition) is 6. The molecule has 0 aliphatic rings. The fourth-order valence-electron chi connectivity index (χ4n) is 2.19. The summed E-state index contributed by atoms with van der Waals surface area (Å²) in [5.41, 5.74) is -0.226. The van der Waals surface area contributed by atoms with E-state index in [9.17, 15) is 19.5 Å². The first kappa shape index (κ1) is 17.2. The molecule has 2 aromatic rings. The zero-order chi connectivity index (χ0) is 18.0. The van der Waals surface area contributed by atoms with E-state index in [0.717, 1.165) is 9.13 Å². The van der Waals surface area contributed by atoms with Gasteiger partial charge >= 0.3 is 11.7 Å². The van der Waals surface area contributed by atoms with Gasteiger partial charge in [0.2, 0.25) is 5.88 Å². The first-order valence-corrected chi connectivity index (χ1v) is 7.01. The van der Waals surface area contributed by atoms with E-state index in [2.05, 4.69) is 9.73 Å². The molecule has 24 heavy (non-hydrogen) atoms. The number of carbonyl (C=O) groups is 1. The number of esters is 1. The molecule has 8 nitrogen and oxygen atoms in total. The fourth-order valence-corrected chi connectivity index (χ4v) is 2.19. The number of carbonyl (C=O) groups excluding carboxylic acids is 1. The standard InChI is InChI=1S/C16H17N3O5/c1-9(12-13(20)18(2)16(23)19(3)14(12)21)17-11-7-5-10(6-8-11)15(22)24-4/h5-8,20H,1-4H3. The number of aromatic nitrogens is 2. The molecule has 2 rings (SSSR count). The second-order valence-electron chi connectivity index (χ2n) is 5.14. The molecule has 0 atom stereocenters. The number of ether oxygens (including phenoxy) is 1. The van der Waals surface area contributed by atoms with E-state index in [-0.39, 0.29) is 11.3 Å². The van der Waals surface area contributed by atoms with E-state index in [1.54, 1.807) is 19.1 Å². The van der Waals surface area contributed by atoms with Crippen LogP contribution in [0.1, 0.15) is 22.8 Å². The van der Waals surface area contributed by atoms with Crippen molar-refractivity contribution in [1.29, 1.82) is 0 Å². The molecule has 0 aliphatic heterocycles. The van der Waals surface area contributed by atoms with Crippen molar-refractivity contribution in [3.8, 4) is 5.88 Å². The van der Waals surface area contributed by atoms with Gasteiger partial charge in [-0.15, -0.1) is 0 Å². The number of benzene rings is 1. The van der Waals surface area contributed by atoms with E-state index in [0.29, 0.717) is 11.3 Å². The first-order chi connectivity index (χ1) is 11.3. The minimum absolute atomic E-state index is 0.0587. The molecule has 0 fully saturated rings. The first-order valence-electron chi connectivity index (χ1n) is 7.01. The Bertz CT molecular complexity index is 936. The van der Waals surface area contributed by atoms with Gasteiger partial charge in [-0.1, -0.05) is 0 Å². The maximum atomic E-state index is 12.2. The van der Waals surface area contributed by atoms with Crippen LogP contribution in [0.15, 0.2) is 38.8 Å². The van der Waals surface area contributed by atoms with Crippen molar-refractivity contribution in [2.75, 3.05) is 7.11 Å². The zero-order valence-corrected chi connectivity index (χ0v) is 13.7. The SMILES string of the molecule is COC(=O)c1ccc(N=C(C)c2c(O)n(C)c(=O)n(C)c2=O)cc1. The molecule has 1 aromatic carbocycles. The Kier molecular flexibility index (Phi) is 4.68. The summed E-state index contributed by atoms with van der Waals surface area (Å²) < 4.78 is 6.48. The Morgan fingerprint density at radius 2 is 1.71 bits per heavy atom.